The number of nitro groups is 1. The number of hydrogen-bond donors (Lipinski definition) is 1. The molecule has 2 rings (SSSR count). The summed E-state index contributed by atoms with van der Waals surface area (Å²) >= 11 is 5.78. The van der Waals surface area contributed by atoms with Gasteiger partial charge in [0.05, 0.1) is 11.5 Å². The highest BCUT2D eigenvalue weighted by Gasteiger charge is 2.22. The third kappa shape index (κ3) is 5.20. The number of benzene rings is 2. The molecule has 28 heavy (non-hydrogen) atoms. The number of rotatable bonds is 7. The molecule has 0 heterocycles. The second kappa shape index (κ2) is 9.18. The van der Waals surface area contributed by atoms with Gasteiger partial charge < -0.3 is 14.8 Å². The number of carbonyl (C=O) groups excluding carboxylic acids is 2. The Hall–Kier alpha value is -3.13. The van der Waals surface area contributed by atoms with Gasteiger partial charge in [-0.15, -0.1) is 0 Å². The average Bonchev–Trinajstić information content (AvgIpc) is 2.64. The largest absolute Gasteiger partial charge is 0.479 e. The number of nitrogens with one attached hydrogen (secondary N) is 1. The third-order valence-corrected chi connectivity index (χ3v) is 4.02. The quantitative estimate of drug-likeness (QED) is 0.420. The fourth-order valence-electron chi connectivity index (χ4n) is 2.36. The summed E-state index contributed by atoms with van der Waals surface area (Å²) in [6.45, 7) is 5.24. The first-order valence-corrected chi connectivity index (χ1v) is 8.80. The summed E-state index contributed by atoms with van der Waals surface area (Å²) in [5.74, 6) is -0.834. The molecule has 0 unspecified atom stereocenters. The topological polar surface area (TPSA) is 108 Å². The van der Waals surface area contributed by atoms with E-state index < -0.39 is 28.6 Å². The first kappa shape index (κ1) is 21.2. The highest BCUT2D eigenvalue weighted by Crippen LogP contribution is 2.27. The molecule has 2 aromatic carbocycles. The summed E-state index contributed by atoms with van der Waals surface area (Å²) in [7, 11) is 0. The monoisotopic (exact) mass is 406 g/mol. The van der Waals surface area contributed by atoms with Gasteiger partial charge in [-0.1, -0.05) is 17.7 Å². The van der Waals surface area contributed by atoms with E-state index in [-0.39, 0.29) is 17.2 Å². The van der Waals surface area contributed by atoms with Crippen LogP contribution in [0.2, 0.25) is 5.02 Å². The molecular weight excluding hydrogens is 388 g/mol. The number of carbonyl (C=O) groups is 2. The molecule has 0 aromatic heterocycles. The number of aryl methyl sites for hydroxylation is 1. The van der Waals surface area contributed by atoms with Gasteiger partial charge in [-0.3, -0.25) is 14.9 Å². The summed E-state index contributed by atoms with van der Waals surface area (Å²) < 4.78 is 10.4. The van der Waals surface area contributed by atoms with Crippen LogP contribution in [-0.2, 0) is 9.53 Å². The second-order valence-corrected chi connectivity index (χ2v) is 6.30. The van der Waals surface area contributed by atoms with Gasteiger partial charge in [0.1, 0.15) is 11.3 Å². The number of amides is 1. The van der Waals surface area contributed by atoms with E-state index in [2.05, 4.69) is 5.32 Å². The summed E-state index contributed by atoms with van der Waals surface area (Å²) in [6, 6.07) is 8.67. The van der Waals surface area contributed by atoms with Gasteiger partial charge in [0.25, 0.3) is 11.6 Å². The average molecular weight is 407 g/mol. The molecule has 1 atom stereocenters. The molecule has 0 spiro atoms. The zero-order valence-corrected chi connectivity index (χ0v) is 16.3. The number of ether oxygens (including phenoxy) is 2. The van der Waals surface area contributed by atoms with Crippen molar-refractivity contribution in [1.82, 2.24) is 0 Å². The van der Waals surface area contributed by atoms with Crippen LogP contribution in [-0.4, -0.2) is 29.5 Å². The van der Waals surface area contributed by atoms with Crippen molar-refractivity contribution in [2.24, 2.45) is 0 Å². The zero-order chi connectivity index (χ0) is 20.8. The van der Waals surface area contributed by atoms with Gasteiger partial charge >= 0.3 is 5.97 Å². The number of anilines is 1. The van der Waals surface area contributed by atoms with Crippen molar-refractivity contribution >= 4 is 34.9 Å². The SMILES string of the molecule is CCOC(=O)[C@H](C)Oc1ccc(C)c(NC(=O)c2ccc(Cl)cc2[N+](=O)[O-])c1. The van der Waals surface area contributed by atoms with Gasteiger partial charge in [0.15, 0.2) is 6.10 Å². The smallest absolute Gasteiger partial charge is 0.347 e. The maximum atomic E-state index is 12.6. The van der Waals surface area contributed by atoms with Crippen molar-refractivity contribution in [3.63, 3.8) is 0 Å². The summed E-state index contributed by atoms with van der Waals surface area (Å²) in [4.78, 5) is 34.8. The Labute approximate surface area is 166 Å². The standard InChI is InChI=1S/C19H19ClN2O6/c1-4-27-19(24)12(3)28-14-7-5-11(2)16(10-14)21-18(23)15-8-6-13(20)9-17(15)22(25)26/h5-10,12H,4H2,1-3H3,(H,21,23)/t12-/m0/s1. The van der Waals surface area contributed by atoms with Crippen LogP contribution in [0.1, 0.15) is 29.8 Å². The van der Waals surface area contributed by atoms with Gasteiger partial charge in [-0.25, -0.2) is 4.79 Å². The summed E-state index contributed by atoms with van der Waals surface area (Å²) in [5, 5.41) is 14.0. The Kier molecular flexibility index (Phi) is 6.94. The minimum atomic E-state index is -0.830. The number of nitrogens with zero attached hydrogens (tertiary/aromatic N) is 1. The Morgan fingerprint density at radius 1 is 1.25 bits per heavy atom. The Bertz CT molecular complexity index is 915. The molecule has 148 valence electrons. The van der Waals surface area contributed by atoms with Crippen LogP contribution in [0.4, 0.5) is 11.4 Å². The van der Waals surface area contributed by atoms with E-state index in [1.807, 2.05) is 0 Å². The van der Waals surface area contributed by atoms with Crippen LogP contribution in [0, 0.1) is 17.0 Å². The Balaban J connectivity index is 2.24. The lowest BCUT2D eigenvalue weighted by Crippen LogP contribution is -2.26. The lowest BCUT2D eigenvalue weighted by Gasteiger charge is -2.15. The summed E-state index contributed by atoms with van der Waals surface area (Å²) in [6.07, 6.45) is -0.830. The molecule has 8 nitrogen and oxygen atoms in total. The molecule has 0 aliphatic carbocycles. The molecule has 1 amide bonds. The van der Waals surface area contributed by atoms with Crippen LogP contribution in [0.5, 0.6) is 5.75 Å². The van der Waals surface area contributed by atoms with Crippen LogP contribution in [0.25, 0.3) is 0 Å². The minimum Gasteiger partial charge on any atom is -0.479 e. The van der Waals surface area contributed by atoms with Crippen LogP contribution in [0.15, 0.2) is 36.4 Å². The maximum Gasteiger partial charge on any atom is 0.347 e. The molecule has 0 saturated carbocycles. The van der Waals surface area contributed by atoms with Crippen molar-refractivity contribution in [2.75, 3.05) is 11.9 Å². The molecule has 2 aromatic rings. The molecule has 0 aliphatic rings. The van der Waals surface area contributed by atoms with Crippen LogP contribution in [0.3, 0.4) is 0 Å². The number of nitro benzene ring substituents is 1. The zero-order valence-electron chi connectivity index (χ0n) is 15.5. The highest BCUT2D eigenvalue weighted by molar-refractivity contribution is 6.31. The molecule has 0 fully saturated rings. The van der Waals surface area contributed by atoms with E-state index in [0.29, 0.717) is 17.0 Å². The lowest BCUT2D eigenvalue weighted by molar-refractivity contribution is -0.385. The van der Waals surface area contributed by atoms with E-state index >= 15 is 0 Å². The Morgan fingerprint density at radius 2 is 1.96 bits per heavy atom. The van der Waals surface area contributed by atoms with Crippen LogP contribution < -0.4 is 10.1 Å². The molecule has 0 aliphatic heterocycles. The number of halogens is 1. The molecule has 0 bridgehead atoms. The molecular formula is C19H19ClN2O6. The first-order chi connectivity index (χ1) is 13.2. The Morgan fingerprint density at radius 3 is 2.61 bits per heavy atom. The van der Waals surface area contributed by atoms with Crippen molar-refractivity contribution in [2.45, 2.75) is 26.9 Å². The van der Waals surface area contributed by atoms with E-state index in [1.54, 1.807) is 32.9 Å². The first-order valence-electron chi connectivity index (χ1n) is 8.42. The van der Waals surface area contributed by atoms with Crippen molar-refractivity contribution < 1.29 is 24.0 Å². The molecule has 0 radical (unpaired) electrons. The number of hydrogen-bond acceptors (Lipinski definition) is 6. The third-order valence-electron chi connectivity index (χ3n) is 3.79. The second-order valence-electron chi connectivity index (χ2n) is 5.86. The highest BCUT2D eigenvalue weighted by atomic mass is 35.5. The summed E-state index contributed by atoms with van der Waals surface area (Å²) in [5.41, 5.74) is 0.579. The van der Waals surface area contributed by atoms with Crippen LogP contribution >= 0.6 is 11.6 Å². The lowest BCUT2D eigenvalue weighted by atomic mass is 10.1. The van der Waals surface area contributed by atoms with Gasteiger partial charge in [-0.2, -0.15) is 0 Å². The van der Waals surface area contributed by atoms with Gasteiger partial charge in [0.2, 0.25) is 0 Å². The maximum absolute atomic E-state index is 12.6. The number of esters is 1. The normalized spacial score (nSPS) is 11.4. The van der Waals surface area contributed by atoms with Crippen molar-refractivity contribution in [3.05, 3.63) is 62.7 Å². The van der Waals surface area contributed by atoms with E-state index in [9.17, 15) is 19.7 Å². The van der Waals surface area contributed by atoms with E-state index in [4.69, 9.17) is 21.1 Å². The van der Waals surface area contributed by atoms with Crippen molar-refractivity contribution in [3.8, 4) is 5.75 Å². The van der Waals surface area contributed by atoms with E-state index in [1.165, 1.54) is 18.2 Å². The minimum absolute atomic E-state index is 0.125. The fourth-order valence-corrected chi connectivity index (χ4v) is 2.52. The predicted octanol–water partition coefficient (Wildman–Crippen LogP) is 4.14. The molecule has 1 N–H and O–H groups in total. The van der Waals surface area contributed by atoms with Gasteiger partial charge in [0, 0.05) is 22.8 Å². The van der Waals surface area contributed by atoms with E-state index in [0.717, 1.165) is 6.07 Å². The van der Waals surface area contributed by atoms with Crippen molar-refractivity contribution in [1.29, 1.82) is 0 Å². The molecule has 9 heteroatoms. The fraction of sp³-hybridized carbons (Fsp3) is 0.263. The molecule has 0 saturated heterocycles. The van der Waals surface area contributed by atoms with Gasteiger partial charge in [-0.05, 0) is 44.5 Å². The predicted molar refractivity (Wildman–Crippen MR) is 104 cm³/mol.